The number of hydrogen-bond acceptors (Lipinski definition) is 2. The molecule has 1 saturated carbocycles. The Bertz CT molecular complexity index is 273. The van der Waals surface area contributed by atoms with Crippen molar-refractivity contribution in [2.75, 3.05) is 39.8 Å². The van der Waals surface area contributed by atoms with Crippen molar-refractivity contribution in [1.29, 1.82) is 0 Å². The first-order chi connectivity index (χ1) is 8.78. The number of aliphatic imine (C=N–C) groups is 1. The highest BCUT2D eigenvalue weighted by molar-refractivity contribution is 14.0. The van der Waals surface area contributed by atoms with Gasteiger partial charge in [-0.15, -0.1) is 24.0 Å². The Morgan fingerprint density at radius 3 is 2.53 bits per heavy atom. The fraction of sp³-hybridized carbons (Fsp3) is 0.929. The summed E-state index contributed by atoms with van der Waals surface area (Å²) in [5, 5.41) is 6.84. The summed E-state index contributed by atoms with van der Waals surface area (Å²) in [7, 11) is 1.85. The number of guanidine groups is 1. The molecule has 19 heavy (non-hydrogen) atoms. The predicted octanol–water partition coefficient (Wildman–Crippen LogP) is 1.91. The van der Waals surface area contributed by atoms with Gasteiger partial charge in [0.05, 0.1) is 0 Å². The number of nitrogens with one attached hydrogen (secondary N) is 2. The van der Waals surface area contributed by atoms with Crippen LogP contribution < -0.4 is 10.6 Å². The lowest BCUT2D eigenvalue weighted by atomic mass is 10.1. The molecule has 1 aliphatic heterocycles. The fourth-order valence-electron chi connectivity index (χ4n) is 2.53. The molecule has 4 nitrogen and oxygen atoms in total. The summed E-state index contributed by atoms with van der Waals surface area (Å²) in [6.07, 6.45) is 5.53. The van der Waals surface area contributed by atoms with Gasteiger partial charge in [-0.05, 0) is 50.6 Å². The molecule has 0 aromatic rings. The quantitative estimate of drug-likeness (QED) is 0.420. The van der Waals surface area contributed by atoms with Crippen molar-refractivity contribution in [2.24, 2.45) is 16.8 Å². The van der Waals surface area contributed by atoms with E-state index >= 15 is 0 Å². The van der Waals surface area contributed by atoms with E-state index in [1.807, 2.05) is 7.05 Å². The zero-order valence-electron chi connectivity index (χ0n) is 12.3. The summed E-state index contributed by atoms with van der Waals surface area (Å²) in [5.74, 6) is 2.54. The Labute approximate surface area is 134 Å². The minimum atomic E-state index is 0. The van der Waals surface area contributed by atoms with Crippen LogP contribution in [-0.4, -0.2) is 50.6 Å². The molecule has 1 saturated heterocycles. The third-order valence-electron chi connectivity index (χ3n) is 3.87. The van der Waals surface area contributed by atoms with Crippen molar-refractivity contribution in [3.8, 4) is 0 Å². The Morgan fingerprint density at radius 2 is 1.95 bits per heavy atom. The number of hydrogen-bond donors (Lipinski definition) is 2. The molecule has 0 radical (unpaired) electrons. The highest BCUT2D eigenvalue weighted by Crippen LogP contribution is 2.27. The van der Waals surface area contributed by atoms with Gasteiger partial charge in [0.1, 0.15) is 0 Å². The minimum Gasteiger partial charge on any atom is -0.356 e. The van der Waals surface area contributed by atoms with Crippen LogP contribution in [0.25, 0.3) is 0 Å². The molecule has 2 rings (SSSR count). The summed E-state index contributed by atoms with van der Waals surface area (Å²) in [5.41, 5.74) is 0. The van der Waals surface area contributed by atoms with E-state index in [4.69, 9.17) is 0 Å². The van der Waals surface area contributed by atoms with Crippen LogP contribution in [0, 0.1) is 11.8 Å². The number of nitrogens with zero attached hydrogens (tertiary/aromatic N) is 2. The molecular formula is C14H29IN4. The van der Waals surface area contributed by atoms with Crippen molar-refractivity contribution >= 4 is 29.9 Å². The van der Waals surface area contributed by atoms with Crippen LogP contribution in [0.1, 0.15) is 32.6 Å². The monoisotopic (exact) mass is 380 g/mol. The molecule has 1 aliphatic carbocycles. The van der Waals surface area contributed by atoms with Gasteiger partial charge >= 0.3 is 0 Å². The summed E-state index contributed by atoms with van der Waals surface area (Å²) in [4.78, 5) is 6.85. The van der Waals surface area contributed by atoms with Crippen molar-refractivity contribution in [1.82, 2.24) is 15.5 Å². The van der Waals surface area contributed by atoms with Crippen molar-refractivity contribution in [3.63, 3.8) is 0 Å². The summed E-state index contributed by atoms with van der Waals surface area (Å²) in [6.45, 7) is 8.21. The van der Waals surface area contributed by atoms with Crippen molar-refractivity contribution < 1.29 is 0 Å². The molecule has 2 fully saturated rings. The average molecular weight is 380 g/mol. The molecule has 1 atom stereocenters. The Hall–Kier alpha value is -0.0400. The molecule has 1 heterocycles. The largest absolute Gasteiger partial charge is 0.356 e. The average Bonchev–Trinajstić information content (AvgIpc) is 3.06. The van der Waals surface area contributed by atoms with E-state index < -0.39 is 0 Å². The lowest BCUT2D eigenvalue weighted by molar-refractivity contribution is 0.287. The molecule has 2 N–H and O–H groups in total. The number of likely N-dealkylation sites (tertiary alicyclic amines) is 1. The molecule has 0 bridgehead atoms. The van der Waals surface area contributed by atoms with E-state index in [1.165, 1.54) is 45.3 Å². The number of rotatable bonds is 6. The third kappa shape index (κ3) is 6.79. The topological polar surface area (TPSA) is 39.7 Å². The minimum absolute atomic E-state index is 0. The second kappa shape index (κ2) is 9.00. The van der Waals surface area contributed by atoms with Crippen LogP contribution in [0.2, 0.25) is 0 Å². The SMILES string of the molecule is CN=C(NCC(C)CN1CCCC1)NCC1CC1.I. The second-order valence-electron chi connectivity index (χ2n) is 5.89. The van der Waals surface area contributed by atoms with Crippen LogP contribution in [0.3, 0.4) is 0 Å². The Morgan fingerprint density at radius 1 is 1.26 bits per heavy atom. The van der Waals surface area contributed by atoms with Gasteiger partial charge in [-0.2, -0.15) is 0 Å². The molecule has 0 aromatic heterocycles. The maximum atomic E-state index is 4.27. The maximum absolute atomic E-state index is 4.27. The van der Waals surface area contributed by atoms with Crippen molar-refractivity contribution in [2.45, 2.75) is 32.6 Å². The van der Waals surface area contributed by atoms with Gasteiger partial charge in [0.15, 0.2) is 5.96 Å². The number of halogens is 1. The van der Waals surface area contributed by atoms with Crippen LogP contribution in [0.5, 0.6) is 0 Å². The summed E-state index contributed by atoms with van der Waals surface area (Å²) < 4.78 is 0. The normalized spacial score (nSPS) is 21.9. The van der Waals surface area contributed by atoms with Crippen molar-refractivity contribution in [3.05, 3.63) is 0 Å². The summed E-state index contributed by atoms with van der Waals surface area (Å²) >= 11 is 0. The maximum Gasteiger partial charge on any atom is 0.190 e. The van der Waals surface area contributed by atoms with Gasteiger partial charge in [-0.1, -0.05) is 6.92 Å². The fourth-order valence-corrected chi connectivity index (χ4v) is 2.53. The second-order valence-corrected chi connectivity index (χ2v) is 5.89. The summed E-state index contributed by atoms with van der Waals surface area (Å²) in [6, 6.07) is 0. The molecule has 0 aromatic carbocycles. The van der Waals surface area contributed by atoms with Gasteiger partial charge in [-0.3, -0.25) is 4.99 Å². The zero-order chi connectivity index (χ0) is 12.8. The lowest BCUT2D eigenvalue weighted by Gasteiger charge is -2.21. The molecule has 5 heteroatoms. The van der Waals surface area contributed by atoms with Gasteiger partial charge in [0.2, 0.25) is 0 Å². The first-order valence-electron chi connectivity index (χ1n) is 7.45. The van der Waals surface area contributed by atoms with E-state index in [1.54, 1.807) is 0 Å². The Kier molecular flexibility index (Phi) is 8.06. The van der Waals surface area contributed by atoms with Crippen LogP contribution >= 0.6 is 24.0 Å². The highest BCUT2D eigenvalue weighted by atomic mass is 127. The molecule has 0 amide bonds. The standard InChI is InChI=1S/C14H28N4.HI/c1-12(11-18-7-3-4-8-18)9-16-14(15-2)17-10-13-5-6-13;/h12-13H,3-11H2,1-2H3,(H2,15,16,17);1H. The lowest BCUT2D eigenvalue weighted by Crippen LogP contribution is -2.42. The van der Waals surface area contributed by atoms with Gasteiger partial charge in [-0.25, -0.2) is 0 Å². The van der Waals surface area contributed by atoms with Crippen LogP contribution in [0.4, 0.5) is 0 Å². The molecule has 0 spiro atoms. The van der Waals surface area contributed by atoms with Gasteiger partial charge in [0.25, 0.3) is 0 Å². The van der Waals surface area contributed by atoms with E-state index in [2.05, 4.69) is 27.4 Å². The molecule has 112 valence electrons. The van der Waals surface area contributed by atoms with E-state index in [9.17, 15) is 0 Å². The Balaban J connectivity index is 0.00000180. The van der Waals surface area contributed by atoms with E-state index in [0.29, 0.717) is 5.92 Å². The zero-order valence-corrected chi connectivity index (χ0v) is 14.7. The first kappa shape index (κ1) is 17.0. The van der Waals surface area contributed by atoms with Crippen LogP contribution in [0.15, 0.2) is 4.99 Å². The van der Waals surface area contributed by atoms with Crippen LogP contribution in [-0.2, 0) is 0 Å². The van der Waals surface area contributed by atoms with Gasteiger partial charge in [0, 0.05) is 26.7 Å². The third-order valence-corrected chi connectivity index (χ3v) is 3.87. The smallest absolute Gasteiger partial charge is 0.190 e. The first-order valence-corrected chi connectivity index (χ1v) is 7.45. The van der Waals surface area contributed by atoms with Gasteiger partial charge < -0.3 is 15.5 Å². The molecular weight excluding hydrogens is 351 g/mol. The molecule has 2 aliphatic rings. The van der Waals surface area contributed by atoms with E-state index in [-0.39, 0.29) is 24.0 Å². The molecule has 1 unspecified atom stereocenters. The highest BCUT2D eigenvalue weighted by Gasteiger charge is 2.21. The van der Waals surface area contributed by atoms with E-state index in [0.717, 1.165) is 25.0 Å². The predicted molar refractivity (Wildman–Crippen MR) is 92.3 cm³/mol.